The number of ether oxygens (including phenoxy) is 3. The average Bonchev–Trinajstić information content (AvgIpc) is 3.10. The van der Waals surface area contributed by atoms with E-state index < -0.39 is 5.97 Å². The van der Waals surface area contributed by atoms with Gasteiger partial charge in [0, 0.05) is 6.04 Å². The molecule has 9 nitrogen and oxygen atoms in total. The summed E-state index contributed by atoms with van der Waals surface area (Å²) in [5, 5.41) is 17.1. The fraction of sp³-hybridized carbons (Fsp3) is 0.205. The van der Waals surface area contributed by atoms with Crippen LogP contribution in [-0.4, -0.2) is 41.6 Å². The molecule has 5 aromatic carbocycles. The molecule has 1 aliphatic carbocycles. The SMILES string of the molecule is O=C(Cc1ccc(Oc2ccc3cc(OC4CCC(NC(=O)COc5ccccc5)CC4)ccc3c2)cc1)Nc1ccccc1C(=O)O. The molecule has 1 fully saturated rings. The molecule has 2 amide bonds. The molecule has 0 spiro atoms. The predicted molar refractivity (Wildman–Crippen MR) is 183 cm³/mol. The first-order chi connectivity index (χ1) is 23.4. The summed E-state index contributed by atoms with van der Waals surface area (Å²) in [4.78, 5) is 36.3. The molecule has 0 bridgehead atoms. The highest BCUT2D eigenvalue weighted by Crippen LogP contribution is 2.30. The third-order valence-electron chi connectivity index (χ3n) is 8.19. The van der Waals surface area contributed by atoms with E-state index >= 15 is 0 Å². The lowest BCUT2D eigenvalue weighted by atomic mass is 9.93. The van der Waals surface area contributed by atoms with E-state index in [1.54, 1.807) is 30.3 Å². The highest BCUT2D eigenvalue weighted by Gasteiger charge is 2.24. The Kier molecular flexibility index (Phi) is 10.2. The van der Waals surface area contributed by atoms with Crippen LogP contribution < -0.4 is 24.8 Å². The molecular formula is C39H36N2O7. The number of benzene rings is 5. The van der Waals surface area contributed by atoms with E-state index in [-0.39, 0.29) is 48.2 Å². The predicted octanol–water partition coefficient (Wildman–Crippen LogP) is 7.40. The first-order valence-electron chi connectivity index (χ1n) is 15.9. The van der Waals surface area contributed by atoms with Gasteiger partial charge in [-0.2, -0.15) is 0 Å². The normalized spacial score (nSPS) is 15.7. The first kappa shape index (κ1) is 32.1. The number of carboxylic acids is 1. The maximum absolute atomic E-state index is 12.5. The van der Waals surface area contributed by atoms with Crippen molar-refractivity contribution in [2.24, 2.45) is 0 Å². The fourth-order valence-electron chi connectivity index (χ4n) is 5.76. The van der Waals surface area contributed by atoms with Gasteiger partial charge in [-0.05, 0) is 103 Å². The van der Waals surface area contributed by atoms with Crippen LogP contribution in [0.3, 0.4) is 0 Å². The van der Waals surface area contributed by atoms with Gasteiger partial charge in [0.15, 0.2) is 6.61 Å². The van der Waals surface area contributed by atoms with Gasteiger partial charge in [0.05, 0.1) is 23.8 Å². The number of hydrogen-bond acceptors (Lipinski definition) is 6. The van der Waals surface area contributed by atoms with E-state index in [1.165, 1.54) is 6.07 Å². The summed E-state index contributed by atoms with van der Waals surface area (Å²) in [6, 6.07) is 34.8. The monoisotopic (exact) mass is 644 g/mol. The molecule has 244 valence electrons. The molecule has 5 aromatic rings. The summed E-state index contributed by atoms with van der Waals surface area (Å²) < 4.78 is 17.9. The second kappa shape index (κ2) is 15.2. The zero-order chi connectivity index (χ0) is 33.3. The molecule has 0 aromatic heterocycles. The number of amides is 2. The molecule has 9 heteroatoms. The molecule has 48 heavy (non-hydrogen) atoms. The van der Waals surface area contributed by atoms with Crippen molar-refractivity contribution >= 4 is 34.2 Å². The Labute approximate surface area is 278 Å². The van der Waals surface area contributed by atoms with Crippen LogP contribution in [0.25, 0.3) is 10.8 Å². The maximum Gasteiger partial charge on any atom is 0.337 e. The highest BCUT2D eigenvalue weighted by molar-refractivity contribution is 6.01. The molecule has 0 radical (unpaired) electrons. The third-order valence-corrected chi connectivity index (χ3v) is 8.19. The Morgan fingerprint density at radius 3 is 2.04 bits per heavy atom. The number of para-hydroxylation sites is 2. The topological polar surface area (TPSA) is 123 Å². The van der Waals surface area contributed by atoms with Crippen molar-refractivity contribution < 1.29 is 33.7 Å². The molecule has 3 N–H and O–H groups in total. The zero-order valence-electron chi connectivity index (χ0n) is 26.3. The lowest BCUT2D eigenvalue weighted by Gasteiger charge is -2.29. The third kappa shape index (κ3) is 8.70. The lowest BCUT2D eigenvalue weighted by Crippen LogP contribution is -2.41. The van der Waals surface area contributed by atoms with Gasteiger partial charge < -0.3 is 30.0 Å². The van der Waals surface area contributed by atoms with Crippen LogP contribution in [0.15, 0.2) is 115 Å². The second-order valence-corrected chi connectivity index (χ2v) is 11.8. The largest absolute Gasteiger partial charge is 0.490 e. The number of fused-ring (bicyclic) bond motifs is 1. The van der Waals surface area contributed by atoms with Crippen LogP contribution in [0, 0.1) is 0 Å². The average molecular weight is 645 g/mol. The van der Waals surface area contributed by atoms with Crippen molar-refractivity contribution in [3.8, 4) is 23.0 Å². The van der Waals surface area contributed by atoms with Crippen molar-refractivity contribution in [2.45, 2.75) is 44.2 Å². The van der Waals surface area contributed by atoms with Gasteiger partial charge in [0.1, 0.15) is 23.0 Å². The number of carbonyl (C=O) groups is 3. The standard InChI is InChI=1S/C39H36N2O7/c42-37(41-36-9-5-4-8-35(36)39(44)45)22-26-10-16-31(17-11-26)47-33-18-12-28-24-34(19-13-27(28)23-33)48-32-20-14-29(15-21-32)40-38(43)25-46-30-6-2-1-3-7-30/h1-13,16-19,23-24,29,32H,14-15,20-22,25H2,(H,40,43)(H,41,42)(H,44,45). The molecule has 1 saturated carbocycles. The summed E-state index contributed by atoms with van der Waals surface area (Å²) in [7, 11) is 0. The van der Waals surface area contributed by atoms with Crippen molar-refractivity contribution in [3.05, 3.63) is 126 Å². The van der Waals surface area contributed by atoms with Gasteiger partial charge in [-0.3, -0.25) is 9.59 Å². The Hall–Kier alpha value is -5.83. The van der Waals surface area contributed by atoms with E-state index in [9.17, 15) is 19.5 Å². The van der Waals surface area contributed by atoms with E-state index in [4.69, 9.17) is 14.2 Å². The number of anilines is 1. The van der Waals surface area contributed by atoms with Crippen molar-refractivity contribution in [1.29, 1.82) is 0 Å². The summed E-state index contributed by atoms with van der Waals surface area (Å²) in [5.74, 6) is 1.29. The molecule has 0 heterocycles. The van der Waals surface area contributed by atoms with Gasteiger partial charge in [-0.15, -0.1) is 0 Å². The van der Waals surface area contributed by atoms with Crippen LogP contribution in [0.4, 0.5) is 5.69 Å². The fourth-order valence-corrected chi connectivity index (χ4v) is 5.76. The van der Waals surface area contributed by atoms with Gasteiger partial charge in [-0.25, -0.2) is 4.79 Å². The second-order valence-electron chi connectivity index (χ2n) is 11.8. The number of carboxylic acid groups (broad SMARTS) is 1. The van der Waals surface area contributed by atoms with Crippen LogP contribution in [0.1, 0.15) is 41.6 Å². The van der Waals surface area contributed by atoms with E-state index in [0.717, 1.165) is 47.8 Å². The Balaban J connectivity index is 0.962. The van der Waals surface area contributed by atoms with Crippen molar-refractivity contribution in [3.63, 3.8) is 0 Å². The number of nitrogens with one attached hydrogen (secondary N) is 2. The Bertz CT molecular complexity index is 1880. The first-order valence-corrected chi connectivity index (χ1v) is 15.9. The maximum atomic E-state index is 12.5. The molecular weight excluding hydrogens is 608 g/mol. The number of aromatic carboxylic acids is 1. The summed E-state index contributed by atoms with van der Waals surface area (Å²) in [6.07, 6.45) is 3.61. The van der Waals surface area contributed by atoms with Gasteiger partial charge >= 0.3 is 5.97 Å². The minimum absolute atomic E-state index is 0.00558. The Morgan fingerprint density at radius 1 is 0.667 bits per heavy atom. The zero-order valence-corrected chi connectivity index (χ0v) is 26.3. The van der Waals surface area contributed by atoms with Crippen LogP contribution in [0.5, 0.6) is 23.0 Å². The molecule has 0 aliphatic heterocycles. The summed E-state index contributed by atoms with van der Waals surface area (Å²) >= 11 is 0. The van der Waals surface area contributed by atoms with E-state index in [2.05, 4.69) is 10.6 Å². The van der Waals surface area contributed by atoms with Crippen molar-refractivity contribution in [1.82, 2.24) is 5.32 Å². The molecule has 0 saturated heterocycles. The summed E-state index contributed by atoms with van der Waals surface area (Å²) in [5.41, 5.74) is 1.08. The van der Waals surface area contributed by atoms with Crippen LogP contribution >= 0.6 is 0 Å². The van der Waals surface area contributed by atoms with Gasteiger partial charge in [0.25, 0.3) is 5.91 Å². The van der Waals surface area contributed by atoms with Gasteiger partial charge in [0.2, 0.25) is 5.91 Å². The van der Waals surface area contributed by atoms with E-state index in [0.29, 0.717) is 17.2 Å². The number of hydrogen-bond donors (Lipinski definition) is 3. The number of rotatable bonds is 12. The van der Waals surface area contributed by atoms with E-state index in [1.807, 2.05) is 78.9 Å². The lowest BCUT2D eigenvalue weighted by molar-refractivity contribution is -0.124. The van der Waals surface area contributed by atoms with Gasteiger partial charge in [-0.1, -0.05) is 54.6 Å². The number of carbonyl (C=O) groups excluding carboxylic acids is 2. The van der Waals surface area contributed by atoms with Crippen LogP contribution in [-0.2, 0) is 16.0 Å². The minimum Gasteiger partial charge on any atom is -0.490 e. The molecule has 6 rings (SSSR count). The quantitative estimate of drug-likeness (QED) is 0.129. The summed E-state index contributed by atoms with van der Waals surface area (Å²) in [6.45, 7) is 0.00558. The molecule has 0 atom stereocenters. The Morgan fingerprint density at radius 2 is 1.31 bits per heavy atom. The smallest absolute Gasteiger partial charge is 0.337 e. The van der Waals surface area contributed by atoms with Crippen LogP contribution in [0.2, 0.25) is 0 Å². The minimum atomic E-state index is -1.10. The highest BCUT2D eigenvalue weighted by atomic mass is 16.5. The van der Waals surface area contributed by atoms with Crippen molar-refractivity contribution in [2.75, 3.05) is 11.9 Å². The molecule has 1 aliphatic rings. The molecule has 0 unspecified atom stereocenters.